The number of hydrogen-bond acceptors (Lipinski definition) is 9. The van der Waals surface area contributed by atoms with Crippen molar-refractivity contribution in [3.63, 3.8) is 0 Å². The van der Waals surface area contributed by atoms with Crippen molar-refractivity contribution in [2.45, 2.75) is 53.2 Å². The van der Waals surface area contributed by atoms with Gasteiger partial charge in [-0.2, -0.15) is 5.10 Å². The molecule has 0 unspecified atom stereocenters. The maximum absolute atomic E-state index is 15.0. The van der Waals surface area contributed by atoms with Crippen LogP contribution in [0.2, 0.25) is 0 Å². The van der Waals surface area contributed by atoms with Gasteiger partial charge in [-0.15, -0.1) is 0 Å². The van der Waals surface area contributed by atoms with Crippen molar-refractivity contribution >= 4 is 40.2 Å². The fourth-order valence-corrected chi connectivity index (χ4v) is 4.86. The van der Waals surface area contributed by atoms with E-state index < -0.39 is 23.3 Å². The number of para-hydroxylation sites is 1. The molecule has 0 spiro atoms. The van der Waals surface area contributed by atoms with Crippen LogP contribution >= 0.6 is 0 Å². The van der Waals surface area contributed by atoms with Gasteiger partial charge in [0.05, 0.1) is 18.7 Å². The minimum absolute atomic E-state index is 0.107. The third kappa shape index (κ3) is 8.37. The number of amides is 2. The van der Waals surface area contributed by atoms with Gasteiger partial charge >= 0.3 is 6.09 Å². The van der Waals surface area contributed by atoms with Crippen molar-refractivity contribution < 1.29 is 27.8 Å². The molecular weight excluding hydrogens is 622 g/mol. The number of pyridine rings is 1. The van der Waals surface area contributed by atoms with Crippen molar-refractivity contribution in [2.75, 3.05) is 23.8 Å². The molecule has 12 nitrogen and oxygen atoms in total. The van der Waals surface area contributed by atoms with Gasteiger partial charge in [-0.05, 0) is 46.2 Å². The number of hydrogen-bond donors (Lipinski definition) is 3. The topological polar surface area (TPSA) is 145 Å². The van der Waals surface area contributed by atoms with Gasteiger partial charge in [0.2, 0.25) is 5.91 Å². The molecule has 5 rings (SSSR count). The predicted molar refractivity (Wildman–Crippen MR) is 177 cm³/mol. The highest BCUT2D eigenvalue weighted by Gasteiger charge is 2.21. The van der Waals surface area contributed by atoms with Crippen LogP contribution in [0.5, 0.6) is 5.75 Å². The van der Waals surface area contributed by atoms with Crippen LogP contribution in [0.1, 0.15) is 45.7 Å². The Hall–Kier alpha value is -5.66. The zero-order valence-corrected chi connectivity index (χ0v) is 27.2. The molecule has 3 heterocycles. The molecule has 5 aromatic rings. The highest BCUT2D eigenvalue weighted by molar-refractivity contribution is 5.92. The molecule has 0 bridgehead atoms. The molecule has 2 aromatic carbocycles. The number of alkyl carbamates (subject to hydrolysis) is 1. The number of ether oxygens (including phenoxy) is 2. The lowest BCUT2D eigenvalue weighted by Gasteiger charge is -2.19. The summed E-state index contributed by atoms with van der Waals surface area (Å²) >= 11 is 0. The summed E-state index contributed by atoms with van der Waals surface area (Å²) in [7, 11) is 0. The predicted octanol–water partition coefficient (Wildman–Crippen LogP) is 6.38. The van der Waals surface area contributed by atoms with Crippen molar-refractivity contribution in [3.8, 4) is 17.3 Å². The van der Waals surface area contributed by atoms with E-state index in [-0.39, 0.29) is 42.7 Å². The average Bonchev–Trinajstić information content (AvgIpc) is 3.37. The number of carbonyl (C=O) groups is 2. The first-order chi connectivity index (χ1) is 22.9. The van der Waals surface area contributed by atoms with Gasteiger partial charge in [-0.25, -0.2) is 28.5 Å². The van der Waals surface area contributed by atoms with E-state index in [4.69, 9.17) is 19.6 Å². The first-order valence-electron chi connectivity index (χ1n) is 15.3. The smallest absolute Gasteiger partial charge is 0.407 e. The van der Waals surface area contributed by atoms with Gasteiger partial charge in [-0.3, -0.25) is 9.48 Å². The maximum Gasteiger partial charge on any atom is 0.407 e. The van der Waals surface area contributed by atoms with Crippen LogP contribution in [0.4, 0.5) is 30.9 Å². The summed E-state index contributed by atoms with van der Waals surface area (Å²) < 4.78 is 42.2. The fraction of sp³-hybridized carbons (Fsp3) is 0.294. The van der Waals surface area contributed by atoms with Crippen molar-refractivity contribution in [3.05, 3.63) is 83.7 Å². The fourth-order valence-electron chi connectivity index (χ4n) is 4.86. The van der Waals surface area contributed by atoms with E-state index in [9.17, 15) is 9.59 Å². The lowest BCUT2D eigenvalue weighted by molar-refractivity contribution is -0.114. The zero-order valence-electron chi connectivity index (χ0n) is 27.2. The second-order valence-electron chi connectivity index (χ2n) is 11.8. The summed E-state index contributed by atoms with van der Waals surface area (Å²) in [5, 5.41) is 14.0. The second-order valence-corrected chi connectivity index (χ2v) is 11.8. The average molecular weight is 659 g/mol. The largest absolute Gasteiger partial charge is 0.494 e. The summed E-state index contributed by atoms with van der Waals surface area (Å²) in [6, 6.07) is 12.9. The number of aromatic nitrogens is 5. The maximum atomic E-state index is 15.0. The molecule has 0 aliphatic rings. The standard InChI is InChI=1S/C34H36F2N8O4/c1-6-47-23-16-26(35)25(27(36)17-23)19-44-28-10-8-7-9-24(28)30(43-44)32-39-18-21(11-13-38-33(46)48-34(3,4)5)31(42-32)41-22-12-14-37-29(15-22)40-20(2)45/h7-10,12,14-18H,6,11,13,19H2,1-5H3,(H,38,46)(H2,37,39,40,41,42,45). The van der Waals surface area contributed by atoms with Crippen molar-refractivity contribution in [1.29, 1.82) is 0 Å². The second kappa shape index (κ2) is 14.4. The minimum Gasteiger partial charge on any atom is -0.494 e. The molecule has 48 heavy (non-hydrogen) atoms. The number of nitrogens with one attached hydrogen (secondary N) is 3. The SMILES string of the molecule is CCOc1cc(F)c(Cn2nc(-c3ncc(CCNC(=O)OC(C)(C)C)c(Nc4ccnc(NC(C)=O)c4)n3)c3ccccc32)c(F)c1. The monoisotopic (exact) mass is 658 g/mol. The zero-order chi connectivity index (χ0) is 34.4. The minimum atomic E-state index is -0.748. The quantitative estimate of drug-likeness (QED) is 0.147. The number of rotatable bonds is 11. The lowest BCUT2D eigenvalue weighted by atomic mass is 10.1. The van der Waals surface area contributed by atoms with Crippen LogP contribution in [0.25, 0.3) is 22.4 Å². The van der Waals surface area contributed by atoms with E-state index in [0.717, 1.165) is 12.1 Å². The Kier molecular flexibility index (Phi) is 10.1. The number of nitrogens with zero attached hydrogens (tertiary/aromatic N) is 5. The van der Waals surface area contributed by atoms with E-state index >= 15 is 8.78 Å². The highest BCUT2D eigenvalue weighted by Crippen LogP contribution is 2.30. The first-order valence-corrected chi connectivity index (χ1v) is 15.3. The molecule has 0 aliphatic heterocycles. The molecule has 0 saturated carbocycles. The molecule has 0 atom stereocenters. The first kappa shape index (κ1) is 33.7. The molecule has 0 saturated heterocycles. The summed E-state index contributed by atoms with van der Waals surface area (Å²) in [4.78, 5) is 37.4. The van der Waals surface area contributed by atoms with Crippen LogP contribution < -0.4 is 20.7 Å². The van der Waals surface area contributed by atoms with Crippen LogP contribution in [-0.4, -0.2) is 55.5 Å². The van der Waals surface area contributed by atoms with Crippen LogP contribution in [-0.2, 0) is 22.5 Å². The van der Waals surface area contributed by atoms with Crippen LogP contribution in [0, 0.1) is 11.6 Å². The van der Waals surface area contributed by atoms with Gasteiger partial charge in [-0.1, -0.05) is 18.2 Å². The van der Waals surface area contributed by atoms with Crippen molar-refractivity contribution in [1.82, 2.24) is 30.0 Å². The molecule has 3 aromatic heterocycles. The van der Waals surface area contributed by atoms with Gasteiger partial charge in [0.25, 0.3) is 0 Å². The van der Waals surface area contributed by atoms with E-state index in [0.29, 0.717) is 45.9 Å². The third-order valence-electron chi connectivity index (χ3n) is 6.86. The summed E-state index contributed by atoms with van der Waals surface area (Å²) in [6.07, 6.45) is 2.95. The van der Waals surface area contributed by atoms with E-state index in [1.54, 1.807) is 58.2 Å². The Bertz CT molecular complexity index is 1930. The van der Waals surface area contributed by atoms with Crippen LogP contribution in [0.15, 0.2) is 60.9 Å². The molecule has 14 heteroatoms. The molecule has 0 radical (unpaired) electrons. The Morgan fingerprint density at radius 1 is 1.02 bits per heavy atom. The number of anilines is 3. The van der Waals surface area contributed by atoms with E-state index in [1.165, 1.54) is 17.8 Å². The number of halogens is 2. The normalized spacial score (nSPS) is 11.3. The highest BCUT2D eigenvalue weighted by atomic mass is 19.1. The lowest BCUT2D eigenvalue weighted by Crippen LogP contribution is -2.33. The van der Waals surface area contributed by atoms with E-state index in [1.807, 2.05) is 12.1 Å². The van der Waals surface area contributed by atoms with Gasteiger partial charge in [0.15, 0.2) is 5.82 Å². The van der Waals surface area contributed by atoms with Gasteiger partial charge < -0.3 is 25.4 Å². The number of fused-ring (bicyclic) bond motifs is 1. The third-order valence-corrected chi connectivity index (χ3v) is 6.86. The Morgan fingerprint density at radius 3 is 2.48 bits per heavy atom. The van der Waals surface area contributed by atoms with Gasteiger partial charge in [0, 0.05) is 66.3 Å². The Labute approximate surface area is 275 Å². The van der Waals surface area contributed by atoms with Gasteiger partial charge in [0.1, 0.15) is 40.3 Å². The molecule has 0 aliphatic carbocycles. The molecular formula is C34H36F2N8O4. The van der Waals surface area contributed by atoms with Crippen LogP contribution in [0.3, 0.4) is 0 Å². The molecule has 250 valence electrons. The summed E-state index contributed by atoms with van der Waals surface area (Å²) in [5.74, 6) is -0.659. The number of carbonyl (C=O) groups excluding carboxylic acids is 2. The Morgan fingerprint density at radius 2 is 1.77 bits per heavy atom. The molecule has 2 amide bonds. The summed E-state index contributed by atoms with van der Waals surface area (Å²) in [5.41, 5.74) is 1.45. The summed E-state index contributed by atoms with van der Waals surface area (Å²) in [6.45, 7) is 8.78. The van der Waals surface area contributed by atoms with Crippen molar-refractivity contribution in [2.24, 2.45) is 0 Å². The molecule has 0 fully saturated rings. The molecule has 3 N–H and O–H groups in total. The number of benzene rings is 2. The Balaban J connectivity index is 1.50. The van der Waals surface area contributed by atoms with E-state index in [2.05, 4.69) is 25.9 Å².